The molecule has 0 heterocycles. The minimum Gasteiger partial charge on any atom is -0.545 e. The first kappa shape index (κ1) is 69.0. The summed E-state index contributed by atoms with van der Waals surface area (Å²) in [5.74, 6) is -2.27. The average molecular weight is 1010 g/mol. The van der Waals surface area contributed by atoms with E-state index < -0.39 is 24.3 Å². The first-order chi connectivity index (χ1) is 35.1. The van der Waals surface area contributed by atoms with E-state index >= 15 is 0 Å². The lowest BCUT2D eigenvalue weighted by molar-refractivity contribution is -0.870. The van der Waals surface area contributed by atoms with Crippen molar-refractivity contribution in [3.8, 4) is 0 Å². The molecule has 0 saturated carbocycles. The van der Waals surface area contributed by atoms with Crippen molar-refractivity contribution >= 4 is 17.9 Å². The fourth-order valence-electron chi connectivity index (χ4n) is 8.45. The van der Waals surface area contributed by atoms with Crippen molar-refractivity contribution in [2.24, 2.45) is 0 Å². The van der Waals surface area contributed by atoms with Gasteiger partial charge >= 0.3 is 11.9 Å². The van der Waals surface area contributed by atoms with Crippen LogP contribution in [0.3, 0.4) is 0 Å². The van der Waals surface area contributed by atoms with E-state index in [4.69, 9.17) is 18.9 Å². The molecule has 0 aromatic carbocycles. The highest BCUT2D eigenvalue weighted by Gasteiger charge is 2.22. The summed E-state index contributed by atoms with van der Waals surface area (Å²) in [6, 6.07) is 0. The number of quaternary nitrogens is 1. The number of carbonyl (C=O) groups is 3. The third-order valence-electron chi connectivity index (χ3n) is 13.0. The zero-order valence-electron chi connectivity index (χ0n) is 47.5. The van der Waals surface area contributed by atoms with E-state index in [1.165, 1.54) is 167 Å². The lowest BCUT2D eigenvalue weighted by Crippen LogP contribution is -2.44. The molecule has 0 aliphatic carbocycles. The highest BCUT2D eigenvalue weighted by Crippen LogP contribution is 2.17. The van der Waals surface area contributed by atoms with Crippen molar-refractivity contribution in [2.45, 2.75) is 277 Å². The number of carbonyl (C=O) groups excluding carboxylic acids is 3. The van der Waals surface area contributed by atoms with Gasteiger partial charge in [-0.2, -0.15) is 0 Å². The first-order valence-electron chi connectivity index (χ1n) is 29.9. The molecule has 72 heavy (non-hydrogen) atoms. The van der Waals surface area contributed by atoms with E-state index in [1.807, 2.05) is 21.1 Å². The van der Waals surface area contributed by atoms with Crippen LogP contribution >= 0.6 is 0 Å². The van der Waals surface area contributed by atoms with Crippen LogP contribution in [0.2, 0.25) is 0 Å². The summed E-state index contributed by atoms with van der Waals surface area (Å²) >= 11 is 0. The third-order valence-corrected chi connectivity index (χ3v) is 13.0. The van der Waals surface area contributed by atoms with Crippen LogP contribution in [0.5, 0.6) is 0 Å². The molecule has 418 valence electrons. The van der Waals surface area contributed by atoms with Crippen LogP contribution in [0.4, 0.5) is 0 Å². The second kappa shape index (κ2) is 54.3. The van der Waals surface area contributed by atoms with Crippen molar-refractivity contribution in [1.82, 2.24) is 0 Å². The lowest BCUT2D eigenvalue weighted by Gasteiger charge is -2.26. The molecule has 0 spiro atoms. The third kappa shape index (κ3) is 54.8. The van der Waals surface area contributed by atoms with Crippen LogP contribution in [0.25, 0.3) is 0 Å². The maximum atomic E-state index is 12.8. The van der Waals surface area contributed by atoms with E-state index in [9.17, 15) is 19.5 Å². The van der Waals surface area contributed by atoms with Gasteiger partial charge in [-0.3, -0.25) is 9.59 Å². The summed E-state index contributed by atoms with van der Waals surface area (Å²) in [6.45, 7) is 4.64. The molecule has 0 radical (unpaired) electrons. The number of ether oxygens (including phenoxy) is 4. The average Bonchev–Trinajstić information content (AvgIpc) is 3.35. The van der Waals surface area contributed by atoms with Gasteiger partial charge in [0, 0.05) is 12.8 Å². The molecule has 0 aliphatic rings. The SMILES string of the molecule is CC/C=C\C/C=C\C/C=C\C/C=C\C/C=C\CCCCCCCCCCCCCCCCCCCCCCCC(=O)OC(COC(=O)CCCCCCCCCCCC)COC(OCC[N+](C)(C)C)C(=O)[O-]. The van der Waals surface area contributed by atoms with Crippen LogP contribution in [-0.2, 0) is 33.3 Å². The number of nitrogens with zero attached hydrogens (tertiary/aromatic N) is 1. The van der Waals surface area contributed by atoms with Crippen molar-refractivity contribution in [2.75, 3.05) is 47.5 Å². The molecule has 9 nitrogen and oxygen atoms in total. The van der Waals surface area contributed by atoms with Gasteiger partial charge in [-0.05, 0) is 57.8 Å². The molecule has 0 aromatic heterocycles. The van der Waals surface area contributed by atoms with E-state index in [0.717, 1.165) is 64.2 Å². The number of unbranched alkanes of at least 4 members (excludes halogenated alkanes) is 30. The number of hydrogen-bond donors (Lipinski definition) is 0. The number of carboxylic acids is 1. The Hall–Kier alpha value is -3.01. The molecule has 0 bridgehead atoms. The molecule has 0 fully saturated rings. The molecule has 9 heteroatoms. The van der Waals surface area contributed by atoms with Crippen molar-refractivity contribution < 1.29 is 42.9 Å². The van der Waals surface area contributed by atoms with Gasteiger partial charge in [-0.1, -0.05) is 254 Å². The number of rotatable bonds is 55. The van der Waals surface area contributed by atoms with Crippen molar-refractivity contribution in [3.05, 3.63) is 60.8 Å². The second-order valence-electron chi connectivity index (χ2n) is 21.3. The Morgan fingerprint density at radius 3 is 1.18 bits per heavy atom. The number of esters is 2. The Labute approximate surface area is 444 Å². The zero-order chi connectivity index (χ0) is 52.7. The number of carboxylic acid groups (broad SMARTS) is 1. The monoisotopic (exact) mass is 1010 g/mol. The van der Waals surface area contributed by atoms with Crippen LogP contribution in [0, 0.1) is 0 Å². The van der Waals surface area contributed by atoms with E-state index in [2.05, 4.69) is 74.6 Å². The molecule has 0 N–H and O–H groups in total. The number of likely N-dealkylation sites (N-methyl/N-ethyl adjacent to an activating group) is 1. The van der Waals surface area contributed by atoms with Crippen LogP contribution in [0.1, 0.15) is 264 Å². The van der Waals surface area contributed by atoms with E-state index in [1.54, 1.807) is 0 Å². The summed E-state index contributed by atoms with van der Waals surface area (Å²) in [5.41, 5.74) is 0. The van der Waals surface area contributed by atoms with Crippen molar-refractivity contribution in [1.29, 1.82) is 0 Å². The lowest BCUT2D eigenvalue weighted by atomic mass is 10.0. The molecule has 0 saturated heterocycles. The smallest absolute Gasteiger partial charge is 0.306 e. The summed E-state index contributed by atoms with van der Waals surface area (Å²) in [7, 11) is 5.92. The summed E-state index contributed by atoms with van der Waals surface area (Å²) in [6.07, 6.45) is 65.9. The standard InChI is InChI=1S/C63H113NO8/c1-6-8-10-12-14-16-18-19-20-21-22-23-24-25-26-27-28-29-30-31-32-33-34-35-36-37-38-39-40-41-42-43-44-46-48-50-52-54-61(66)72-59(58-71-63(62(67)68)69-56-55-64(3,4)5)57-70-60(65)53-51-49-47-45-17-15-13-11-9-7-2/h8,10,14,16,19-20,22-23,25-26,59,63H,6-7,9,11-13,15,17-18,21,24,27-58H2,1-5H3/b10-8-,16-14-,20-19-,23-22-,26-25-. The van der Waals surface area contributed by atoms with Crippen LogP contribution < -0.4 is 5.11 Å². The quantitative estimate of drug-likeness (QED) is 0.0195. The van der Waals surface area contributed by atoms with E-state index in [0.29, 0.717) is 23.9 Å². The second-order valence-corrected chi connectivity index (χ2v) is 21.3. The maximum absolute atomic E-state index is 12.8. The summed E-state index contributed by atoms with van der Waals surface area (Å²) in [5, 5.41) is 11.7. The minimum absolute atomic E-state index is 0.149. The van der Waals surface area contributed by atoms with Gasteiger partial charge < -0.3 is 33.3 Å². The van der Waals surface area contributed by atoms with Crippen molar-refractivity contribution in [3.63, 3.8) is 0 Å². The number of hydrogen-bond acceptors (Lipinski definition) is 8. The minimum atomic E-state index is -1.62. The number of aliphatic carboxylic acids is 1. The van der Waals surface area contributed by atoms with E-state index in [-0.39, 0.29) is 32.2 Å². The molecule has 0 amide bonds. The Morgan fingerprint density at radius 1 is 0.431 bits per heavy atom. The van der Waals surface area contributed by atoms with Gasteiger partial charge in [-0.25, -0.2) is 0 Å². The topological polar surface area (TPSA) is 111 Å². The Kier molecular flexibility index (Phi) is 52.0. The molecule has 0 aromatic rings. The summed E-state index contributed by atoms with van der Waals surface area (Å²) < 4.78 is 22.6. The largest absolute Gasteiger partial charge is 0.545 e. The molecular weight excluding hydrogens is 899 g/mol. The maximum Gasteiger partial charge on any atom is 0.306 e. The summed E-state index contributed by atoms with van der Waals surface area (Å²) in [4.78, 5) is 37.1. The van der Waals surface area contributed by atoms with Gasteiger partial charge in [0.1, 0.15) is 13.2 Å². The Bertz CT molecular complexity index is 1360. The van der Waals surface area contributed by atoms with Gasteiger partial charge in [-0.15, -0.1) is 0 Å². The normalized spacial score (nSPS) is 13.2. The highest BCUT2D eigenvalue weighted by molar-refractivity contribution is 5.70. The Balaban J connectivity index is 3.95. The van der Waals surface area contributed by atoms with Gasteiger partial charge in [0.25, 0.3) is 0 Å². The predicted molar refractivity (Wildman–Crippen MR) is 302 cm³/mol. The molecule has 0 rings (SSSR count). The van der Waals surface area contributed by atoms with Crippen LogP contribution in [-0.4, -0.2) is 82.3 Å². The highest BCUT2D eigenvalue weighted by atomic mass is 16.7. The molecule has 0 aliphatic heterocycles. The van der Waals surface area contributed by atoms with Gasteiger partial charge in [0.15, 0.2) is 12.4 Å². The number of allylic oxidation sites excluding steroid dienone is 10. The van der Waals surface area contributed by atoms with Crippen LogP contribution in [0.15, 0.2) is 60.8 Å². The van der Waals surface area contributed by atoms with Gasteiger partial charge in [0.05, 0.1) is 40.3 Å². The fraction of sp³-hybridized carbons (Fsp3) is 0.794. The molecule has 2 atom stereocenters. The Morgan fingerprint density at radius 2 is 0.792 bits per heavy atom. The van der Waals surface area contributed by atoms with Gasteiger partial charge in [0.2, 0.25) is 0 Å². The predicted octanol–water partition coefficient (Wildman–Crippen LogP) is 16.3. The molecule has 2 unspecified atom stereocenters. The molecular formula is C63H113NO8. The zero-order valence-corrected chi connectivity index (χ0v) is 47.5. The first-order valence-corrected chi connectivity index (χ1v) is 29.9. The fourth-order valence-corrected chi connectivity index (χ4v) is 8.45.